The maximum absolute atomic E-state index is 13.0. The van der Waals surface area contributed by atoms with Gasteiger partial charge in [0.1, 0.15) is 0 Å². The van der Waals surface area contributed by atoms with Gasteiger partial charge in [-0.05, 0) is 43.5 Å². The first-order valence-corrected chi connectivity index (χ1v) is 9.67. The lowest BCUT2D eigenvalue weighted by Crippen LogP contribution is -3.16. The lowest BCUT2D eigenvalue weighted by Gasteiger charge is -2.35. The van der Waals surface area contributed by atoms with E-state index in [1.165, 1.54) is 21.7 Å². The van der Waals surface area contributed by atoms with Gasteiger partial charge in [-0.2, -0.15) is 0 Å². The molecule has 0 aliphatic carbocycles. The highest BCUT2D eigenvalue weighted by Gasteiger charge is 2.33. The van der Waals surface area contributed by atoms with Crippen molar-refractivity contribution in [2.24, 2.45) is 0 Å². The van der Waals surface area contributed by atoms with Crippen molar-refractivity contribution >= 4 is 17.3 Å². The number of para-hydroxylation sites is 2. The molecule has 136 valence electrons. The Labute approximate surface area is 156 Å². The number of benzene rings is 2. The second-order valence-electron chi connectivity index (χ2n) is 7.65. The first-order valence-electron chi connectivity index (χ1n) is 9.67. The van der Waals surface area contributed by atoms with Crippen molar-refractivity contribution < 1.29 is 9.69 Å². The molecular formula is C22H28N3O+. The van der Waals surface area contributed by atoms with Gasteiger partial charge in [0, 0.05) is 17.4 Å². The number of hydrogen-bond donors (Lipinski definition) is 1. The van der Waals surface area contributed by atoms with E-state index in [4.69, 9.17) is 0 Å². The lowest BCUT2D eigenvalue weighted by molar-refractivity contribution is -0.892. The molecule has 1 saturated heterocycles. The number of anilines is 2. The monoisotopic (exact) mass is 350 g/mol. The minimum atomic E-state index is 0.266. The van der Waals surface area contributed by atoms with Crippen LogP contribution in [0, 0.1) is 6.92 Å². The largest absolute Gasteiger partial charge is 0.360 e. The third-order valence-corrected chi connectivity index (χ3v) is 5.80. The van der Waals surface area contributed by atoms with E-state index in [2.05, 4.69) is 61.2 Å². The first-order chi connectivity index (χ1) is 12.6. The molecule has 1 amide bonds. The van der Waals surface area contributed by atoms with Crippen molar-refractivity contribution in [1.82, 2.24) is 0 Å². The molecule has 2 heterocycles. The van der Waals surface area contributed by atoms with E-state index in [0.29, 0.717) is 6.54 Å². The zero-order valence-corrected chi connectivity index (χ0v) is 15.7. The molecule has 0 bridgehead atoms. The van der Waals surface area contributed by atoms with E-state index in [1.807, 2.05) is 11.0 Å². The number of fused-ring (bicyclic) bond motifs is 1. The van der Waals surface area contributed by atoms with Gasteiger partial charge in [0.05, 0.1) is 26.2 Å². The van der Waals surface area contributed by atoms with Crippen molar-refractivity contribution in [1.29, 1.82) is 0 Å². The average Bonchev–Trinajstić information content (AvgIpc) is 2.99. The lowest BCUT2D eigenvalue weighted by atomic mass is 10.1. The fourth-order valence-electron chi connectivity index (χ4n) is 4.40. The summed E-state index contributed by atoms with van der Waals surface area (Å²) in [5.74, 6) is 0.266. The highest BCUT2D eigenvalue weighted by Crippen LogP contribution is 2.31. The summed E-state index contributed by atoms with van der Waals surface area (Å²) in [5, 5.41) is 0. The molecular weight excluding hydrogens is 322 g/mol. The van der Waals surface area contributed by atoms with Gasteiger partial charge in [0.15, 0.2) is 6.54 Å². The number of amides is 1. The number of carbonyl (C=O) groups is 1. The van der Waals surface area contributed by atoms with E-state index in [9.17, 15) is 4.79 Å². The van der Waals surface area contributed by atoms with Crippen LogP contribution >= 0.6 is 0 Å². The summed E-state index contributed by atoms with van der Waals surface area (Å²) in [6.45, 7) is 8.99. The fraction of sp³-hybridized carbons (Fsp3) is 0.409. The number of quaternary nitrogens is 1. The van der Waals surface area contributed by atoms with Crippen LogP contribution in [0.3, 0.4) is 0 Å². The van der Waals surface area contributed by atoms with Crippen LogP contribution < -0.4 is 14.7 Å². The summed E-state index contributed by atoms with van der Waals surface area (Å²) >= 11 is 0. The summed E-state index contributed by atoms with van der Waals surface area (Å²) in [5.41, 5.74) is 5.07. The van der Waals surface area contributed by atoms with Crippen molar-refractivity contribution in [2.45, 2.75) is 26.3 Å². The van der Waals surface area contributed by atoms with Gasteiger partial charge in [-0.15, -0.1) is 0 Å². The number of rotatable bonds is 3. The van der Waals surface area contributed by atoms with Gasteiger partial charge in [-0.1, -0.05) is 36.4 Å². The molecule has 2 aromatic carbocycles. The van der Waals surface area contributed by atoms with Crippen LogP contribution in [0.15, 0.2) is 48.5 Å². The molecule has 4 nitrogen and oxygen atoms in total. The van der Waals surface area contributed by atoms with Gasteiger partial charge in [-0.25, -0.2) is 0 Å². The van der Waals surface area contributed by atoms with Crippen molar-refractivity contribution in [3.63, 3.8) is 0 Å². The molecule has 2 aromatic rings. The van der Waals surface area contributed by atoms with Crippen LogP contribution in [0.25, 0.3) is 0 Å². The molecule has 4 heteroatoms. The van der Waals surface area contributed by atoms with Crippen LogP contribution in [0.4, 0.5) is 11.4 Å². The molecule has 1 atom stereocenters. The van der Waals surface area contributed by atoms with Gasteiger partial charge >= 0.3 is 0 Å². The Hall–Kier alpha value is -2.33. The normalized spacial score (nSPS) is 20.3. The molecule has 2 aliphatic heterocycles. The van der Waals surface area contributed by atoms with E-state index < -0.39 is 0 Å². The van der Waals surface area contributed by atoms with Gasteiger partial charge in [-0.3, -0.25) is 4.79 Å². The predicted molar refractivity (Wildman–Crippen MR) is 106 cm³/mol. The molecule has 4 rings (SSSR count). The number of piperazine rings is 1. The minimum Gasteiger partial charge on any atom is -0.360 e. The van der Waals surface area contributed by atoms with Gasteiger partial charge in [0.2, 0.25) is 0 Å². The quantitative estimate of drug-likeness (QED) is 0.912. The van der Waals surface area contributed by atoms with Crippen molar-refractivity contribution in [2.75, 3.05) is 42.5 Å². The Morgan fingerprint density at radius 2 is 1.69 bits per heavy atom. The Bertz CT molecular complexity index is 795. The van der Waals surface area contributed by atoms with E-state index in [1.54, 1.807) is 0 Å². The van der Waals surface area contributed by atoms with Gasteiger partial charge in [0.25, 0.3) is 5.91 Å². The Morgan fingerprint density at radius 3 is 2.42 bits per heavy atom. The standard InChI is InChI=1S/C22H27N3O/c1-17-7-3-5-9-20(17)24-13-11-23(12-14-24)16-22(26)25-18(2)15-19-8-4-6-10-21(19)25/h3-10,18H,11-16H2,1-2H3/p+1/t18-/m0/s1. The van der Waals surface area contributed by atoms with Crippen LogP contribution in [-0.2, 0) is 11.2 Å². The number of hydrogen-bond acceptors (Lipinski definition) is 2. The molecule has 1 N–H and O–H groups in total. The number of nitrogens with zero attached hydrogens (tertiary/aromatic N) is 2. The minimum absolute atomic E-state index is 0.266. The molecule has 26 heavy (non-hydrogen) atoms. The zero-order chi connectivity index (χ0) is 18.1. The molecule has 0 saturated carbocycles. The van der Waals surface area contributed by atoms with Crippen LogP contribution in [-0.4, -0.2) is 44.7 Å². The third kappa shape index (κ3) is 3.21. The summed E-state index contributed by atoms with van der Waals surface area (Å²) in [4.78, 5) is 18.9. The maximum atomic E-state index is 13.0. The van der Waals surface area contributed by atoms with Crippen molar-refractivity contribution in [3.8, 4) is 0 Å². The second kappa shape index (κ2) is 7.12. The number of carbonyl (C=O) groups excluding carboxylic acids is 1. The third-order valence-electron chi connectivity index (χ3n) is 5.80. The fourth-order valence-corrected chi connectivity index (χ4v) is 4.40. The highest BCUT2D eigenvalue weighted by atomic mass is 16.2. The van der Waals surface area contributed by atoms with E-state index in [-0.39, 0.29) is 11.9 Å². The zero-order valence-electron chi connectivity index (χ0n) is 15.7. The Balaban J connectivity index is 1.38. The van der Waals surface area contributed by atoms with E-state index >= 15 is 0 Å². The summed E-state index contributed by atoms with van der Waals surface area (Å²) in [7, 11) is 0. The smallest absolute Gasteiger partial charge is 0.282 e. The SMILES string of the molecule is Cc1ccccc1N1CC[NH+](CC(=O)N2c3ccccc3C[C@@H]2C)CC1. The summed E-state index contributed by atoms with van der Waals surface area (Å²) in [6, 6.07) is 17.2. The number of nitrogens with one attached hydrogen (secondary N) is 1. The average molecular weight is 350 g/mol. The van der Waals surface area contributed by atoms with Gasteiger partial charge < -0.3 is 14.7 Å². The van der Waals surface area contributed by atoms with Crippen molar-refractivity contribution in [3.05, 3.63) is 59.7 Å². The second-order valence-corrected chi connectivity index (χ2v) is 7.65. The summed E-state index contributed by atoms with van der Waals surface area (Å²) < 4.78 is 0. The van der Waals surface area contributed by atoms with Crippen LogP contribution in [0.5, 0.6) is 0 Å². The molecule has 0 radical (unpaired) electrons. The molecule has 0 unspecified atom stereocenters. The highest BCUT2D eigenvalue weighted by molar-refractivity contribution is 5.96. The molecule has 1 fully saturated rings. The molecule has 2 aliphatic rings. The number of aryl methyl sites for hydroxylation is 1. The topological polar surface area (TPSA) is 28.0 Å². The Kier molecular flexibility index (Phi) is 4.68. The summed E-state index contributed by atoms with van der Waals surface area (Å²) in [6.07, 6.45) is 0.971. The van der Waals surface area contributed by atoms with Crippen LogP contribution in [0.1, 0.15) is 18.1 Å². The van der Waals surface area contributed by atoms with E-state index in [0.717, 1.165) is 38.3 Å². The first kappa shape index (κ1) is 17.1. The Morgan fingerprint density at radius 1 is 1.04 bits per heavy atom. The maximum Gasteiger partial charge on any atom is 0.282 e. The predicted octanol–water partition coefficient (Wildman–Crippen LogP) is 1.68. The van der Waals surface area contributed by atoms with Crippen LogP contribution in [0.2, 0.25) is 0 Å². The molecule has 0 aromatic heterocycles. The molecule has 0 spiro atoms.